The predicted octanol–water partition coefficient (Wildman–Crippen LogP) is 2.58. The average Bonchev–Trinajstić information content (AvgIpc) is 2.49. The Morgan fingerprint density at radius 2 is 1.95 bits per heavy atom. The van der Waals surface area contributed by atoms with Gasteiger partial charge in [-0.1, -0.05) is 18.2 Å². The van der Waals surface area contributed by atoms with Gasteiger partial charge >= 0.3 is 6.03 Å². The standard InChI is InChI=1S/C16H24FN3O/c1-4-19(5-2)16(21)20-11-10-18(3)15(12-20)13-8-6-7-9-14(13)17/h6-9,15H,4-5,10-12H2,1-3H3. The van der Waals surface area contributed by atoms with Crippen molar-refractivity contribution in [3.8, 4) is 0 Å². The molecule has 1 aliphatic rings. The number of hydrogen-bond acceptors (Lipinski definition) is 2. The van der Waals surface area contributed by atoms with Gasteiger partial charge in [-0.25, -0.2) is 9.18 Å². The maximum atomic E-state index is 14.0. The van der Waals surface area contributed by atoms with Crippen LogP contribution in [0.15, 0.2) is 24.3 Å². The molecule has 1 unspecified atom stereocenters. The Labute approximate surface area is 126 Å². The van der Waals surface area contributed by atoms with Gasteiger partial charge in [-0.15, -0.1) is 0 Å². The van der Waals surface area contributed by atoms with Crippen LogP contribution >= 0.6 is 0 Å². The number of halogens is 1. The average molecular weight is 293 g/mol. The highest BCUT2D eigenvalue weighted by Crippen LogP contribution is 2.26. The Balaban J connectivity index is 2.16. The number of carbonyl (C=O) groups excluding carboxylic acids is 1. The van der Waals surface area contributed by atoms with Gasteiger partial charge in [0, 0.05) is 38.3 Å². The lowest BCUT2D eigenvalue weighted by molar-refractivity contribution is 0.0900. The van der Waals surface area contributed by atoms with E-state index in [-0.39, 0.29) is 17.9 Å². The molecule has 0 radical (unpaired) electrons. The van der Waals surface area contributed by atoms with Crippen LogP contribution in [-0.2, 0) is 0 Å². The van der Waals surface area contributed by atoms with E-state index in [1.165, 1.54) is 6.07 Å². The molecule has 21 heavy (non-hydrogen) atoms. The van der Waals surface area contributed by atoms with E-state index in [9.17, 15) is 9.18 Å². The number of piperazine rings is 1. The van der Waals surface area contributed by atoms with E-state index in [1.54, 1.807) is 6.07 Å². The number of benzene rings is 1. The zero-order valence-electron chi connectivity index (χ0n) is 13.1. The lowest BCUT2D eigenvalue weighted by atomic mass is 10.0. The number of hydrogen-bond donors (Lipinski definition) is 0. The van der Waals surface area contributed by atoms with Crippen molar-refractivity contribution in [2.45, 2.75) is 19.9 Å². The van der Waals surface area contributed by atoms with Crippen molar-refractivity contribution >= 4 is 6.03 Å². The van der Waals surface area contributed by atoms with Crippen molar-refractivity contribution in [3.05, 3.63) is 35.6 Å². The van der Waals surface area contributed by atoms with E-state index in [2.05, 4.69) is 4.90 Å². The first-order chi connectivity index (χ1) is 10.1. The summed E-state index contributed by atoms with van der Waals surface area (Å²) >= 11 is 0. The third kappa shape index (κ3) is 3.35. The molecule has 0 aliphatic carbocycles. The molecular formula is C16H24FN3O. The number of rotatable bonds is 3. The van der Waals surface area contributed by atoms with E-state index >= 15 is 0 Å². The van der Waals surface area contributed by atoms with Crippen LogP contribution in [0.4, 0.5) is 9.18 Å². The van der Waals surface area contributed by atoms with Crippen molar-refractivity contribution in [1.82, 2.24) is 14.7 Å². The number of carbonyl (C=O) groups is 1. The highest BCUT2D eigenvalue weighted by molar-refractivity contribution is 5.74. The van der Waals surface area contributed by atoms with E-state index < -0.39 is 0 Å². The van der Waals surface area contributed by atoms with Gasteiger partial charge in [0.1, 0.15) is 5.82 Å². The van der Waals surface area contributed by atoms with E-state index in [0.717, 1.165) is 6.54 Å². The monoisotopic (exact) mass is 293 g/mol. The van der Waals surface area contributed by atoms with Gasteiger partial charge in [-0.2, -0.15) is 0 Å². The first kappa shape index (κ1) is 15.8. The Morgan fingerprint density at radius 1 is 1.29 bits per heavy atom. The van der Waals surface area contributed by atoms with E-state index in [1.807, 2.05) is 42.8 Å². The molecule has 2 amide bonds. The number of urea groups is 1. The van der Waals surface area contributed by atoms with Crippen LogP contribution in [0, 0.1) is 5.82 Å². The second-order valence-electron chi connectivity index (χ2n) is 5.42. The molecule has 1 heterocycles. The summed E-state index contributed by atoms with van der Waals surface area (Å²) in [5.74, 6) is -0.202. The van der Waals surface area contributed by atoms with Gasteiger partial charge in [-0.3, -0.25) is 4.90 Å². The minimum absolute atomic E-state index is 0.0504. The molecule has 1 aromatic rings. The Kier molecular flexibility index (Phi) is 5.17. The molecule has 116 valence electrons. The molecule has 1 aromatic carbocycles. The molecular weight excluding hydrogens is 269 g/mol. The zero-order chi connectivity index (χ0) is 15.4. The maximum absolute atomic E-state index is 14.0. The second kappa shape index (κ2) is 6.89. The van der Waals surface area contributed by atoms with Crippen molar-refractivity contribution < 1.29 is 9.18 Å². The third-order valence-corrected chi connectivity index (χ3v) is 4.22. The van der Waals surface area contributed by atoms with Crippen LogP contribution in [0.25, 0.3) is 0 Å². The van der Waals surface area contributed by atoms with Crippen LogP contribution in [0.5, 0.6) is 0 Å². The molecule has 1 atom stereocenters. The SMILES string of the molecule is CCN(CC)C(=O)N1CCN(C)C(c2ccccc2F)C1. The lowest BCUT2D eigenvalue weighted by Crippen LogP contribution is -2.53. The molecule has 0 saturated carbocycles. The molecule has 5 heteroatoms. The second-order valence-corrected chi connectivity index (χ2v) is 5.42. The van der Waals surface area contributed by atoms with Crippen LogP contribution in [-0.4, -0.2) is 60.5 Å². The third-order valence-electron chi connectivity index (χ3n) is 4.22. The Morgan fingerprint density at radius 3 is 2.57 bits per heavy atom. The normalized spacial score (nSPS) is 19.6. The molecule has 0 spiro atoms. The molecule has 0 N–H and O–H groups in total. The fourth-order valence-electron chi connectivity index (χ4n) is 2.82. The van der Waals surface area contributed by atoms with Gasteiger partial charge in [0.25, 0.3) is 0 Å². The molecule has 2 rings (SSSR count). The van der Waals surface area contributed by atoms with E-state index in [0.29, 0.717) is 31.7 Å². The quantitative estimate of drug-likeness (QED) is 0.856. The summed E-state index contributed by atoms with van der Waals surface area (Å²) in [5, 5.41) is 0. The van der Waals surface area contributed by atoms with Crippen molar-refractivity contribution in [3.63, 3.8) is 0 Å². The molecule has 0 aromatic heterocycles. The molecule has 1 aliphatic heterocycles. The first-order valence-corrected chi connectivity index (χ1v) is 7.57. The Hall–Kier alpha value is -1.62. The van der Waals surface area contributed by atoms with Crippen molar-refractivity contribution in [2.24, 2.45) is 0 Å². The van der Waals surface area contributed by atoms with E-state index in [4.69, 9.17) is 0 Å². The minimum Gasteiger partial charge on any atom is -0.325 e. The highest BCUT2D eigenvalue weighted by atomic mass is 19.1. The molecule has 1 fully saturated rings. The first-order valence-electron chi connectivity index (χ1n) is 7.57. The maximum Gasteiger partial charge on any atom is 0.320 e. The smallest absolute Gasteiger partial charge is 0.320 e. The topological polar surface area (TPSA) is 26.8 Å². The van der Waals surface area contributed by atoms with Crippen LogP contribution in [0.1, 0.15) is 25.5 Å². The molecule has 1 saturated heterocycles. The van der Waals surface area contributed by atoms with Crippen LogP contribution in [0.2, 0.25) is 0 Å². The number of nitrogens with zero attached hydrogens (tertiary/aromatic N) is 3. The van der Waals surface area contributed by atoms with Crippen molar-refractivity contribution in [1.29, 1.82) is 0 Å². The predicted molar refractivity (Wildman–Crippen MR) is 81.7 cm³/mol. The summed E-state index contributed by atoms with van der Waals surface area (Å²) in [7, 11) is 1.98. The summed E-state index contributed by atoms with van der Waals surface area (Å²) in [4.78, 5) is 18.2. The highest BCUT2D eigenvalue weighted by Gasteiger charge is 2.31. The Bertz CT molecular complexity index is 490. The zero-order valence-corrected chi connectivity index (χ0v) is 13.1. The fourth-order valence-corrected chi connectivity index (χ4v) is 2.82. The van der Waals surface area contributed by atoms with Gasteiger partial charge in [-0.05, 0) is 27.0 Å². The summed E-state index contributed by atoms with van der Waals surface area (Å²) in [6, 6.07) is 6.79. The van der Waals surface area contributed by atoms with Gasteiger partial charge in [0.15, 0.2) is 0 Å². The van der Waals surface area contributed by atoms with Gasteiger partial charge in [0.05, 0.1) is 6.04 Å². The minimum atomic E-state index is -0.202. The summed E-state index contributed by atoms with van der Waals surface area (Å²) in [5.41, 5.74) is 0.664. The molecule has 0 bridgehead atoms. The van der Waals surface area contributed by atoms with Crippen molar-refractivity contribution in [2.75, 3.05) is 39.8 Å². The summed E-state index contributed by atoms with van der Waals surface area (Å²) < 4.78 is 14.0. The van der Waals surface area contributed by atoms with Crippen LogP contribution in [0.3, 0.4) is 0 Å². The largest absolute Gasteiger partial charge is 0.325 e. The molecule has 4 nitrogen and oxygen atoms in total. The van der Waals surface area contributed by atoms with Gasteiger partial charge < -0.3 is 9.80 Å². The van der Waals surface area contributed by atoms with Crippen LogP contribution < -0.4 is 0 Å². The van der Waals surface area contributed by atoms with Gasteiger partial charge in [0.2, 0.25) is 0 Å². The summed E-state index contributed by atoms with van der Waals surface area (Å²) in [6.45, 7) is 7.34. The number of amides is 2. The fraction of sp³-hybridized carbons (Fsp3) is 0.562. The summed E-state index contributed by atoms with van der Waals surface area (Å²) in [6.07, 6.45) is 0. The number of likely N-dealkylation sites (N-methyl/N-ethyl adjacent to an activating group) is 1. The lowest BCUT2D eigenvalue weighted by Gasteiger charge is -2.41.